The SMILES string of the molecule is CCCCCCC(C)(C)c1cc(OCCO)c2c(c1)OC(C)(C)c1cn[nH]c1-2. The molecule has 2 heterocycles. The standard InChI is InChI=1S/C23H34N2O3/c1-6-7-8-9-10-22(2,3)16-13-18(27-12-11-26)20-19(14-16)28-23(4,5)17-15-24-25-21(17)20/h13-15,26H,6-12H2,1-5H3,(H,24,25). The number of benzene rings is 1. The van der Waals surface area contributed by atoms with Crippen LogP contribution in [0.15, 0.2) is 18.3 Å². The Morgan fingerprint density at radius 3 is 2.71 bits per heavy atom. The van der Waals surface area contributed by atoms with Crippen molar-refractivity contribution >= 4 is 0 Å². The predicted octanol–water partition coefficient (Wildman–Crippen LogP) is 5.32. The Morgan fingerprint density at radius 1 is 1.21 bits per heavy atom. The van der Waals surface area contributed by atoms with Gasteiger partial charge >= 0.3 is 0 Å². The Morgan fingerprint density at radius 2 is 2.00 bits per heavy atom. The molecule has 0 bridgehead atoms. The summed E-state index contributed by atoms with van der Waals surface area (Å²) in [6, 6.07) is 4.27. The molecule has 0 atom stereocenters. The van der Waals surface area contributed by atoms with E-state index in [4.69, 9.17) is 9.47 Å². The topological polar surface area (TPSA) is 67.4 Å². The first kappa shape index (κ1) is 20.7. The fourth-order valence-corrected chi connectivity index (χ4v) is 3.98. The van der Waals surface area contributed by atoms with Gasteiger partial charge in [0, 0.05) is 5.56 Å². The van der Waals surface area contributed by atoms with Crippen molar-refractivity contribution < 1.29 is 14.6 Å². The molecule has 0 spiro atoms. The summed E-state index contributed by atoms with van der Waals surface area (Å²) in [7, 11) is 0. The van der Waals surface area contributed by atoms with Crippen LogP contribution in [0.1, 0.15) is 77.8 Å². The number of aromatic nitrogens is 2. The minimum absolute atomic E-state index is 0.0157. The zero-order valence-corrected chi connectivity index (χ0v) is 17.9. The van der Waals surface area contributed by atoms with Crippen LogP contribution in [0, 0.1) is 0 Å². The number of nitrogens with one attached hydrogen (secondary N) is 1. The quantitative estimate of drug-likeness (QED) is 0.572. The van der Waals surface area contributed by atoms with Crippen molar-refractivity contribution in [2.45, 2.75) is 77.7 Å². The zero-order chi connectivity index (χ0) is 20.4. The van der Waals surface area contributed by atoms with E-state index in [0.717, 1.165) is 34.7 Å². The molecular formula is C23H34N2O3. The number of fused-ring (bicyclic) bond motifs is 3. The van der Waals surface area contributed by atoms with Crippen LogP contribution in [0.2, 0.25) is 0 Å². The molecule has 1 aliphatic rings. The summed E-state index contributed by atoms with van der Waals surface area (Å²) < 4.78 is 12.4. The van der Waals surface area contributed by atoms with E-state index in [9.17, 15) is 5.11 Å². The lowest BCUT2D eigenvalue weighted by molar-refractivity contribution is 0.104. The Hall–Kier alpha value is -2.01. The van der Waals surface area contributed by atoms with Crippen LogP contribution in [-0.4, -0.2) is 28.5 Å². The summed E-state index contributed by atoms with van der Waals surface area (Å²) in [6.45, 7) is 11.1. The van der Waals surface area contributed by atoms with Gasteiger partial charge in [0.1, 0.15) is 23.7 Å². The maximum Gasteiger partial charge on any atom is 0.134 e. The van der Waals surface area contributed by atoms with Crippen molar-refractivity contribution in [2.75, 3.05) is 13.2 Å². The van der Waals surface area contributed by atoms with Crippen molar-refractivity contribution in [3.63, 3.8) is 0 Å². The maximum absolute atomic E-state index is 9.29. The summed E-state index contributed by atoms with van der Waals surface area (Å²) in [4.78, 5) is 0. The third kappa shape index (κ3) is 4.04. The van der Waals surface area contributed by atoms with E-state index in [-0.39, 0.29) is 18.6 Å². The van der Waals surface area contributed by atoms with Gasteiger partial charge in [0.15, 0.2) is 0 Å². The lowest BCUT2D eigenvalue weighted by atomic mass is 9.78. The molecule has 0 saturated heterocycles. The molecule has 3 rings (SSSR count). The van der Waals surface area contributed by atoms with Crippen LogP contribution >= 0.6 is 0 Å². The second-order valence-corrected chi connectivity index (χ2v) is 8.89. The van der Waals surface area contributed by atoms with Gasteiger partial charge < -0.3 is 14.6 Å². The average molecular weight is 387 g/mol. The first-order valence-corrected chi connectivity index (χ1v) is 10.5. The molecule has 2 aromatic rings. The molecular weight excluding hydrogens is 352 g/mol. The van der Waals surface area contributed by atoms with Crippen molar-refractivity contribution in [1.29, 1.82) is 0 Å². The Kier molecular flexibility index (Phi) is 6.04. The van der Waals surface area contributed by atoms with Crippen LogP contribution in [0.3, 0.4) is 0 Å². The van der Waals surface area contributed by atoms with Gasteiger partial charge in [0.25, 0.3) is 0 Å². The van der Waals surface area contributed by atoms with Gasteiger partial charge in [-0.1, -0.05) is 46.5 Å². The highest BCUT2D eigenvalue weighted by Gasteiger charge is 2.37. The zero-order valence-electron chi connectivity index (χ0n) is 17.9. The summed E-state index contributed by atoms with van der Waals surface area (Å²) in [5.74, 6) is 1.55. The largest absolute Gasteiger partial charge is 0.490 e. The van der Waals surface area contributed by atoms with E-state index in [2.05, 4.69) is 56.9 Å². The molecule has 0 amide bonds. The summed E-state index contributed by atoms with van der Waals surface area (Å²) >= 11 is 0. The summed E-state index contributed by atoms with van der Waals surface area (Å²) in [5, 5.41) is 16.6. The highest BCUT2D eigenvalue weighted by atomic mass is 16.5. The van der Waals surface area contributed by atoms with Crippen LogP contribution in [0.5, 0.6) is 11.5 Å². The number of hydrogen-bond donors (Lipinski definition) is 2. The molecule has 1 aromatic heterocycles. The van der Waals surface area contributed by atoms with Gasteiger partial charge in [-0.2, -0.15) is 5.10 Å². The Balaban J connectivity index is 2.02. The van der Waals surface area contributed by atoms with Gasteiger partial charge in [-0.15, -0.1) is 0 Å². The molecule has 2 N–H and O–H groups in total. The maximum atomic E-state index is 9.29. The minimum atomic E-state index is -0.465. The highest BCUT2D eigenvalue weighted by molar-refractivity contribution is 5.79. The molecule has 28 heavy (non-hydrogen) atoms. The van der Waals surface area contributed by atoms with Gasteiger partial charge in [-0.3, -0.25) is 5.10 Å². The van der Waals surface area contributed by atoms with E-state index in [1.54, 1.807) is 0 Å². The summed E-state index contributed by atoms with van der Waals surface area (Å²) in [5.41, 5.74) is 3.60. The van der Waals surface area contributed by atoms with E-state index in [1.165, 1.54) is 31.2 Å². The number of aliphatic hydroxyl groups is 1. The van der Waals surface area contributed by atoms with Crippen molar-refractivity contribution in [1.82, 2.24) is 10.2 Å². The predicted molar refractivity (Wildman–Crippen MR) is 112 cm³/mol. The third-order valence-electron chi connectivity index (χ3n) is 5.75. The van der Waals surface area contributed by atoms with Crippen LogP contribution in [-0.2, 0) is 11.0 Å². The van der Waals surface area contributed by atoms with Crippen LogP contribution in [0.4, 0.5) is 0 Å². The van der Waals surface area contributed by atoms with E-state index < -0.39 is 5.60 Å². The Labute approximate surface area is 168 Å². The third-order valence-corrected chi connectivity index (χ3v) is 5.75. The fourth-order valence-electron chi connectivity index (χ4n) is 3.98. The molecule has 1 aliphatic heterocycles. The van der Waals surface area contributed by atoms with E-state index in [0.29, 0.717) is 0 Å². The molecule has 0 radical (unpaired) electrons. The first-order valence-electron chi connectivity index (χ1n) is 10.5. The Bertz CT molecular complexity index is 808. The number of unbranched alkanes of at least 4 members (excludes halogenated alkanes) is 3. The normalized spacial score (nSPS) is 14.9. The number of nitrogens with zero attached hydrogens (tertiary/aromatic N) is 1. The van der Waals surface area contributed by atoms with Gasteiger partial charge in [-0.25, -0.2) is 0 Å². The molecule has 0 unspecified atom stereocenters. The number of hydrogen-bond acceptors (Lipinski definition) is 4. The van der Waals surface area contributed by atoms with Crippen molar-refractivity contribution in [2.24, 2.45) is 0 Å². The highest BCUT2D eigenvalue weighted by Crippen LogP contribution is 2.50. The minimum Gasteiger partial charge on any atom is -0.490 e. The molecule has 5 nitrogen and oxygen atoms in total. The monoisotopic (exact) mass is 386 g/mol. The van der Waals surface area contributed by atoms with Gasteiger partial charge in [0.2, 0.25) is 0 Å². The molecule has 154 valence electrons. The molecule has 0 aliphatic carbocycles. The van der Waals surface area contributed by atoms with Gasteiger partial charge in [-0.05, 0) is 43.4 Å². The molecule has 0 fully saturated rings. The number of aromatic amines is 1. The van der Waals surface area contributed by atoms with Crippen molar-refractivity contribution in [3.05, 3.63) is 29.5 Å². The lowest BCUT2D eigenvalue weighted by Gasteiger charge is -2.35. The fraction of sp³-hybridized carbons (Fsp3) is 0.609. The number of aliphatic hydroxyl groups excluding tert-OH is 1. The first-order chi connectivity index (χ1) is 13.3. The number of rotatable bonds is 9. The molecule has 0 saturated carbocycles. The van der Waals surface area contributed by atoms with Crippen molar-refractivity contribution in [3.8, 4) is 22.8 Å². The average Bonchev–Trinajstić information content (AvgIpc) is 3.13. The molecule has 5 heteroatoms. The van der Waals surface area contributed by atoms with E-state index in [1.807, 2.05) is 6.20 Å². The second kappa shape index (κ2) is 8.16. The smallest absolute Gasteiger partial charge is 0.134 e. The summed E-state index contributed by atoms with van der Waals surface area (Å²) in [6.07, 6.45) is 7.93. The van der Waals surface area contributed by atoms with Crippen LogP contribution in [0.25, 0.3) is 11.3 Å². The number of ether oxygens (including phenoxy) is 2. The lowest BCUT2D eigenvalue weighted by Crippen LogP contribution is -2.29. The van der Waals surface area contributed by atoms with Gasteiger partial charge in [0.05, 0.1) is 24.1 Å². The van der Waals surface area contributed by atoms with Crippen LogP contribution < -0.4 is 9.47 Å². The second-order valence-electron chi connectivity index (χ2n) is 8.89. The van der Waals surface area contributed by atoms with E-state index >= 15 is 0 Å². The molecule has 1 aromatic carbocycles. The number of H-pyrrole nitrogens is 1.